The lowest BCUT2D eigenvalue weighted by atomic mass is 10.1. The number of anilines is 1. The first-order valence-corrected chi connectivity index (χ1v) is 7.12. The van der Waals surface area contributed by atoms with Crippen LogP contribution in [-0.4, -0.2) is 10.9 Å². The van der Waals surface area contributed by atoms with E-state index < -0.39 is 0 Å². The van der Waals surface area contributed by atoms with E-state index in [1.54, 1.807) is 0 Å². The zero-order valence-corrected chi connectivity index (χ0v) is 12.3. The highest BCUT2D eigenvalue weighted by Gasteiger charge is 1.98. The van der Waals surface area contributed by atoms with Crippen molar-refractivity contribution in [1.29, 1.82) is 0 Å². The van der Waals surface area contributed by atoms with Gasteiger partial charge in [-0.05, 0) is 35.4 Å². The van der Waals surface area contributed by atoms with Crippen molar-refractivity contribution >= 4 is 34.6 Å². The van der Waals surface area contributed by atoms with Gasteiger partial charge in [0.15, 0.2) is 0 Å². The quantitative estimate of drug-likeness (QED) is 0.778. The molecule has 3 nitrogen and oxygen atoms in total. The molecule has 1 aromatic heterocycles. The van der Waals surface area contributed by atoms with E-state index in [2.05, 4.69) is 28.5 Å². The number of para-hydroxylation sites is 1. The Hall–Kier alpha value is -2.94. The lowest BCUT2D eigenvalue weighted by Crippen LogP contribution is -2.05. The number of carbonyl (C=O) groups is 1. The lowest BCUT2D eigenvalue weighted by molar-refractivity contribution is -0.114. The van der Waals surface area contributed by atoms with Crippen molar-refractivity contribution < 1.29 is 4.79 Å². The molecule has 0 aliphatic carbocycles. The summed E-state index contributed by atoms with van der Waals surface area (Å²) in [7, 11) is 0. The van der Waals surface area contributed by atoms with E-state index >= 15 is 0 Å². The van der Waals surface area contributed by atoms with Gasteiger partial charge in [0.05, 0.1) is 5.52 Å². The highest BCUT2D eigenvalue weighted by Crippen LogP contribution is 2.19. The zero-order valence-electron chi connectivity index (χ0n) is 12.3. The molecule has 0 fully saturated rings. The lowest BCUT2D eigenvalue weighted by Gasteiger charge is -2.03. The van der Waals surface area contributed by atoms with Crippen molar-refractivity contribution in [3.8, 4) is 0 Å². The first kappa shape index (κ1) is 14.0. The van der Waals surface area contributed by atoms with E-state index in [0.29, 0.717) is 0 Å². The number of aromatic nitrogens is 1. The molecule has 1 amide bonds. The summed E-state index contributed by atoms with van der Waals surface area (Å²) >= 11 is 0. The molecule has 0 bridgehead atoms. The maximum atomic E-state index is 11.0. The Morgan fingerprint density at radius 2 is 1.77 bits per heavy atom. The predicted molar refractivity (Wildman–Crippen MR) is 91.4 cm³/mol. The normalized spacial score (nSPS) is 11.0. The molecule has 0 saturated carbocycles. The number of rotatable bonds is 3. The van der Waals surface area contributed by atoms with Crippen LogP contribution in [0.2, 0.25) is 0 Å². The van der Waals surface area contributed by atoms with Gasteiger partial charge in [0.25, 0.3) is 0 Å². The van der Waals surface area contributed by atoms with Gasteiger partial charge in [-0.3, -0.25) is 9.78 Å². The van der Waals surface area contributed by atoms with Crippen molar-refractivity contribution in [2.45, 2.75) is 6.92 Å². The van der Waals surface area contributed by atoms with Crippen LogP contribution in [0.5, 0.6) is 0 Å². The van der Waals surface area contributed by atoms with Gasteiger partial charge < -0.3 is 5.32 Å². The van der Waals surface area contributed by atoms with Crippen LogP contribution in [0.1, 0.15) is 18.1 Å². The van der Waals surface area contributed by atoms with Gasteiger partial charge in [-0.2, -0.15) is 0 Å². The van der Waals surface area contributed by atoms with Crippen LogP contribution in [0.15, 0.2) is 60.8 Å². The molecule has 0 unspecified atom stereocenters. The molecule has 0 aliphatic heterocycles. The maximum absolute atomic E-state index is 11.0. The first-order valence-electron chi connectivity index (χ1n) is 7.12. The number of nitrogens with one attached hydrogen (secondary N) is 1. The van der Waals surface area contributed by atoms with Crippen LogP contribution >= 0.6 is 0 Å². The summed E-state index contributed by atoms with van der Waals surface area (Å²) in [4.78, 5) is 15.4. The summed E-state index contributed by atoms with van der Waals surface area (Å²) in [5, 5.41) is 3.89. The van der Waals surface area contributed by atoms with Crippen molar-refractivity contribution in [3.05, 3.63) is 71.9 Å². The minimum Gasteiger partial charge on any atom is -0.326 e. The molecule has 0 spiro atoms. The summed E-state index contributed by atoms with van der Waals surface area (Å²) in [5.41, 5.74) is 4.01. The molecule has 0 radical (unpaired) electrons. The monoisotopic (exact) mass is 288 g/mol. The van der Waals surface area contributed by atoms with Crippen molar-refractivity contribution in [1.82, 2.24) is 4.98 Å². The summed E-state index contributed by atoms with van der Waals surface area (Å²) in [5.74, 6) is -0.0634. The molecule has 22 heavy (non-hydrogen) atoms. The highest BCUT2D eigenvalue weighted by atomic mass is 16.1. The van der Waals surface area contributed by atoms with Crippen LogP contribution in [0, 0.1) is 0 Å². The SMILES string of the molecule is CC(=O)Nc1ccc(C=Cc2ccnc3ccccc23)cc1. The molecule has 0 saturated heterocycles. The molecule has 108 valence electrons. The summed E-state index contributed by atoms with van der Waals surface area (Å²) in [6.45, 7) is 1.50. The average Bonchev–Trinajstić information content (AvgIpc) is 2.54. The van der Waals surface area contributed by atoms with E-state index in [9.17, 15) is 4.79 Å². The fourth-order valence-corrected chi connectivity index (χ4v) is 2.33. The number of hydrogen-bond acceptors (Lipinski definition) is 2. The van der Waals surface area contributed by atoms with Crippen LogP contribution in [0.4, 0.5) is 5.69 Å². The Kier molecular flexibility index (Phi) is 3.97. The van der Waals surface area contributed by atoms with Crippen molar-refractivity contribution in [3.63, 3.8) is 0 Å². The zero-order chi connectivity index (χ0) is 15.4. The summed E-state index contributed by atoms with van der Waals surface area (Å²) in [6.07, 6.45) is 5.96. The number of pyridine rings is 1. The average molecular weight is 288 g/mol. The van der Waals surface area contributed by atoms with Gasteiger partial charge in [0.1, 0.15) is 0 Å². The third-order valence-electron chi connectivity index (χ3n) is 3.37. The number of nitrogens with zero attached hydrogens (tertiary/aromatic N) is 1. The standard InChI is InChI=1S/C19H16N2O/c1-14(22)21-17-10-7-15(8-11-17)6-9-16-12-13-20-19-5-3-2-4-18(16)19/h2-13H,1H3,(H,21,22). The van der Waals surface area contributed by atoms with E-state index in [4.69, 9.17) is 0 Å². The minimum atomic E-state index is -0.0634. The smallest absolute Gasteiger partial charge is 0.221 e. The third-order valence-corrected chi connectivity index (χ3v) is 3.37. The number of hydrogen-bond donors (Lipinski definition) is 1. The highest BCUT2D eigenvalue weighted by molar-refractivity contribution is 5.91. The molecule has 1 heterocycles. The fourth-order valence-electron chi connectivity index (χ4n) is 2.33. The van der Waals surface area contributed by atoms with Crippen LogP contribution in [0.3, 0.4) is 0 Å². The second-order valence-corrected chi connectivity index (χ2v) is 5.05. The minimum absolute atomic E-state index is 0.0634. The molecular formula is C19H16N2O. The molecular weight excluding hydrogens is 272 g/mol. The van der Waals surface area contributed by atoms with Crippen LogP contribution in [0.25, 0.3) is 23.1 Å². The second kappa shape index (κ2) is 6.22. The first-order chi connectivity index (χ1) is 10.7. The number of amides is 1. The van der Waals surface area contributed by atoms with Crippen LogP contribution < -0.4 is 5.32 Å². The molecule has 0 aliphatic rings. The Morgan fingerprint density at radius 3 is 2.55 bits per heavy atom. The number of carbonyl (C=O) groups excluding carboxylic acids is 1. The third kappa shape index (κ3) is 3.20. The van der Waals surface area contributed by atoms with E-state index in [1.807, 2.05) is 54.7 Å². The van der Waals surface area contributed by atoms with Gasteiger partial charge >= 0.3 is 0 Å². The van der Waals surface area contributed by atoms with E-state index in [0.717, 1.165) is 27.7 Å². The molecule has 0 atom stereocenters. The van der Waals surface area contributed by atoms with Gasteiger partial charge in [-0.25, -0.2) is 0 Å². The van der Waals surface area contributed by atoms with Gasteiger partial charge in [-0.1, -0.05) is 42.5 Å². The summed E-state index contributed by atoms with van der Waals surface area (Å²) in [6, 6.07) is 17.8. The van der Waals surface area contributed by atoms with E-state index in [1.165, 1.54) is 6.92 Å². The van der Waals surface area contributed by atoms with Crippen LogP contribution in [-0.2, 0) is 4.79 Å². The fraction of sp³-hybridized carbons (Fsp3) is 0.0526. The Bertz CT molecular complexity index is 830. The predicted octanol–water partition coefficient (Wildman–Crippen LogP) is 4.36. The number of benzene rings is 2. The molecule has 3 heteroatoms. The Morgan fingerprint density at radius 1 is 1.00 bits per heavy atom. The molecule has 2 aromatic carbocycles. The Balaban J connectivity index is 1.85. The van der Waals surface area contributed by atoms with Crippen molar-refractivity contribution in [2.24, 2.45) is 0 Å². The molecule has 1 N–H and O–H groups in total. The van der Waals surface area contributed by atoms with Gasteiger partial charge in [0, 0.05) is 24.2 Å². The van der Waals surface area contributed by atoms with Gasteiger partial charge in [0.2, 0.25) is 5.91 Å². The van der Waals surface area contributed by atoms with Crippen molar-refractivity contribution in [2.75, 3.05) is 5.32 Å². The van der Waals surface area contributed by atoms with E-state index in [-0.39, 0.29) is 5.91 Å². The summed E-state index contributed by atoms with van der Waals surface area (Å²) < 4.78 is 0. The second-order valence-electron chi connectivity index (χ2n) is 5.05. The molecule has 3 rings (SSSR count). The topological polar surface area (TPSA) is 42.0 Å². The maximum Gasteiger partial charge on any atom is 0.221 e. The number of fused-ring (bicyclic) bond motifs is 1. The largest absolute Gasteiger partial charge is 0.326 e. The molecule has 3 aromatic rings. The Labute approximate surface area is 129 Å². The van der Waals surface area contributed by atoms with Gasteiger partial charge in [-0.15, -0.1) is 0 Å².